The Morgan fingerprint density at radius 2 is 1.85 bits per heavy atom. The van der Waals surface area contributed by atoms with Crippen molar-refractivity contribution < 1.29 is 4.52 Å². The summed E-state index contributed by atoms with van der Waals surface area (Å²) in [6, 6.07) is 0. The zero-order valence-electron chi connectivity index (χ0n) is 12.9. The molecule has 1 N–H and O–H groups in total. The van der Waals surface area contributed by atoms with Crippen LogP contribution in [0.4, 0.5) is 0 Å². The van der Waals surface area contributed by atoms with Crippen LogP contribution in [0, 0.1) is 0 Å². The Hall–Kier alpha value is -0.940. The molecule has 0 radical (unpaired) electrons. The van der Waals surface area contributed by atoms with Crippen molar-refractivity contribution in [3.05, 3.63) is 11.7 Å². The molecular formula is C15H26N4O. The lowest BCUT2D eigenvalue weighted by Crippen LogP contribution is -2.52. The van der Waals surface area contributed by atoms with Crippen LogP contribution >= 0.6 is 0 Å². The molecule has 5 heteroatoms. The molecule has 0 unspecified atom stereocenters. The van der Waals surface area contributed by atoms with E-state index >= 15 is 0 Å². The first-order chi connectivity index (χ1) is 9.52. The van der Waals surface area contributed by atoms with Crippen LogP contribution in [0.3, 0.4) is 0 Å². The fourth-order valence-corrected chi connectivity index (χ4v) is 3.45. The Labute approximate surface area is 121 Å². The van der Waals surface area contributed by atoms with Gasteiger partial charge < -0.3 is 9.84 Å². The molecule has 0 atom stereocenters. The molecule has 0 spiro atoms. The summed E-state index contributed by atoms with van der Waals surface area (Å²) in [4.78, 5) is 7.21. The van der Waals surface area contributed by atoms with Crippen molar-refractivity contribution in [1.29, 1.82) is 0 Å². The zero-order valence-corrected chi connectivity index (χ0v) is 12.9. The smallest absolute Gasteiger partial charge is 0.232 e. The second kappa shape index (κ2) is 5.11. The molecule has 20 heavy (non-hydrogen) atoms. The summed E-state index contributed by atoms with van der Waals surface area (Å²) in [6.07, 6.45) is 4.89. The maximum absolute atomic E-state index is 5.63. The summed E-state index contributed by atoms with van der Waals surface area (Å²) < 4.78 is 5.63. The molecule has 1 aromatic heterocycles. The van der Waals surface area contributed by atoms with Gasteiger partial charge in [-0.1, -0.05) is 24.9 Å². The van der Waals surface area contributed by atoms with Crippen LogP contribution in [0.25, 0.3) is 0 Å². The van der Waals surface area contributed by atoms with Gasteiger partial charge in [0.1, 0.15) is 0 Å². The maximum atomic E-state index is 5.63. The third-order valence-electron chi connectivity index (χ3n) is 5.10. The monoisotopic (exact) mass is 278 g/mol. The lowest BCUT2D eigenvalue weighted by molar-refractivity contribution is 0.0924. The summed E-state index contributed by atoms with van der Waals surface area (Å²) in [5, 5.41) is 7.69. The van der Waals surface area contributed by atoms with Gasteiger partial charge in [0, 0.05) is 31.6 Å². The Kier molecular flexibility index (Phi) is 3.58. The molecule has 2 aliphatic rings. The SMILES string of the molecule is CC1(c2nc(C(C)(C)N3CCNCC3)no2)CCCC1. The van der Waals surface area contributed by atoms with Crippen molar-refractivity contribution in [2.45, 2.75) is 57.4 Å². The third kappa shape index (κ3) is 2.37. The lowest BCUT2D eigenvalue weighted by Gasteiger charge is -2.38. The van der Waals surface area contributed by atoms with E-state index in [4.69, 9.17) is 9.51 Å². The van der Waals surface area contributed by atoms with Crippen LogP contribution in [0.2, 0.25) is 0 Å². The van der Waals surface area contributed by atoms with Gasteiger partial charge in [-0.15, -0.1) is 0 Å². The standard InChI is InChI=1S/C15H26N4O/c1-14(2,19-10-8-16-9-11-19)12-17-13(20-18-12)15(3)6-4-5-7-15/h16H,4-11H2,1-3H3. The van der Waals surface area contributed by atoms with E-state index < -0.39 is 0 Å². The van der Waals surface area contributed by atoms with E-state index in [0.717, 1.165) is 37.9 Å². The van der Waals surface area contributed by atoms with Gasteiger partial charge in [0.05, 0.1) is 5.54 Å². The molecule has 1 saturated heterocycles. The predicted octanol–water partition coefficient (Wildman–Crippen LogP) is 2.04. The molecule has 0 bridgehead atoms. The quantitative estimate of drug-likeness (QED) is 0.917. The van der Waals surface area contributed by atoms with Gasteiger partial charge in [-0.2, -0.15) is 4.98 Å². The summed E-state index contributed by atoms with van der Waals surface area (Å²) >= 11 is 0. The van der Waals surface area contributed by atoms with Crippen molar-refractivity contribution in [3.63, 3.8) is 0 Å². The Balaban J connectivity index is 1.81. The van der Waals surface area contributed by atoms with Gasteiger partial charge >= 0.3 is 0 Å². The summed E-state index contributed by atoms with van der Waals surface area (Å²) in [7, 11) is 0. The van der Waals surface area contributed by atoms with Crippen LogP contribution in [0.15, 0.2) is 4.52 Å². The number of hydrogen-bond donors (Lipinski definition) is 1. The van der Waals surface area contributed by atoms with Gasteiger partial charge in [0.25, 0.3) is 0 Å². The fourth-order valence-electron chi connectivity index (χ4n) is 3.45. The predicted molar refractivity (Wildman–Crippen MR) is 77.6 cm³/mol. The Bertz CT molecular complexity index is 456. The van der Waals surface area contributed by atoms with E-state index in [1.165, 1.54) is 25.7 Å². The minimum atomic E-state index is -0.154. The molecule has 5 nitrogen and oxygen atoms in total. The minimum Gasteiger partial charge on any atom is -0.339 e. The highest BCUT2D eigenvalue weighted by Gasteiger charge is 2.39. The van der Waals surface area contributed by atoms with Gasteiger partial charge in [-0.05, 0) is 26.7 Å². The van der Waals surface area contributed by atoms with Crippen LogP contribution in [-0.4, -0.2) is 41.2 Å². The molecule has 1 aromatic rings. The number of hydrogen-bond acceptors (Lipinski definition) is 5. The van der Waals surface area contributed by atoms with E-state index in [2.05, 4.69) is 36.1 Å². The van der Waals surface area contributed by atoms with E-state index in [0.29, 0.717) is 0 Å². The number of piperazine rings is 1. The molecule has 2 heterocycles. The molecule has 1 saturated carbocycles. The first kappa shape index (κ1) is 14.0. The third-order valence-corrected chi connectivity index (χ3v) is 5.10. The average molecular weight is 278 g/mol. The minimum absolute atomic E-state index is 0.102. The largest absolute Gasteiger partial charge is 0.339 e. The van der Waals surface area contributed by atoms with E-state index in [1.807, 2.05) is 0 Å². The van der Waals surface area contributed by atoms with Crippen molar-refractivity contribution >= 4 is 0 Å². The molecule has 0 aromatic carbocycles. The Morgan fingerprint density at radius 3 is 2.50 bits per heavy atom. The van der Waals surface area contributed by atoms with Gasteiger partial charge in [-0.3, -0.25) is 4.90 Å². The Morgan fingerprint density at radius 1 is 1.20 bits per heavy atom. The lowest BCUT2D eigenvalue weighted by atomic mass is 9.89. The molecule has 2 fully saturated rings. The van der Waals surface area contributed by atoms with Crippen LogP contribution in [0.1, 0.15) is 58.2 Å². The first-order valence-corrected chi connectivity index (χ1v) is 7.83. The second-order valence-electron chi connectivity index (χ2n) is 6.99. The topological polar surface area (TPSA) is 54.2 Å². The zero-order chi connectivity index (χ0) is 14.2. The van der Waals surface area contributed by atoms with Crippen molar-refractivity contribution in [1.82, 2.24) is 20.4 Å². The molecule has 1 aliphatic heterocycles. The number of nitrogens with zero attached hydrogens (tertiary/aromatic N) is 3. The van der Waals surface area contributed by atoms with E-state index in [9.17, 15) is 0 Å². The molecule has 3 rings (SSSR count). The molecule has 0 amide bonds. The maximum Gasteiger partial charge on any atom is 0.232 e. The normalized spacial score (nSPS) is 24.1. The van der Waals surface area contributed by atoms with Crippen molar-refractivity contribution in [3.8, 4) is 0 Å². The second-order valence-corrected chi connectivity index (χ2v) is 6.99. The van der Waals surface area contributed by atoms with Crippen molar-refractivity contribution in [2.24, 2.45) is 0 Å². The molecule has 1 aliphatic carbocycles. The fraction of sp³-hybridized carbons (Fsp3) is 0.867. The summed E-state index contributed by atoms with van der Waals surface area (Å²) in [6.45, 7) is 10.8. The van der Waals surface area contributed by atoms with E-state index in [-0.39, 0.29) is 11.0 Å². The molecule has 112 valence electrons. The van der Waals surface area contributed by atoms with Gasteiger partial charge in [0.15, 0.2) is 5.82 Å². The van der Waals surface area contributed by atoms with Crippen molar-refractivity contribution in [2.75, 3.05) is 26.2 Å². The molecular weight excluding hydrogens is 252 g/mol. The highest BCUT2D eigenvalue weighted by atomic mass is 16.5. The van der Waals surface area contributed by atoms with Gasteiger partial charge in [-0.25, -0.2) is 0 Å². The van der Waals surface area contributed by atoms with Gasteiger partial charge in [0.2, 0.25) is 5.89 Å². The summed E-state index contributed by atoms with van der Waals surface area (Å²) in [5.41, 5.74) is -0.0520. The van der Waals surface area contributed by atoms with Crippen LogP contribution < -0.4 is 5.32 Å². The first-order valence-electron chi connectivity index (χ1n) is 7.83. The average Bonchev–Trinajstić information content (AvgIpc) is 3.09. The van der Waals surface area contributed by atoms with Crippen LogP contribution in [-0.2, 0) is 11.0 Å². The number of nitrogens with one attached hydrogen (secondary N) is 1. The summed E-state index contributed by atoms with van der Waals surface area (Å²) in [5.74, 6) is 1.68. The highest BCUT2D eigenvalue weighted by molar-refractivity contribution is 5.10. The highest BCUT2D eigenvalue weighted by Crippen LogP contribution is 2.40. The number of rotatable bonds is 3. The van der Waals surface area contributed by atoms with E-state index in [1.54, 1.807) is 0 Å². The number of aromatic nitrogens is 2. The van der Waals surface area contributed by atoms with Crippen LogP contribution in [0.5, 0.6) is 0 Å².